The third-order valence-corrected chi connectivity index (χ3v) is 7.19. The van der Waals surface area contributed by atoms with Crippen molar-refractivity contribution >= 4 is 58.4 Å². The van der Waals surface area contributed by atoms with Gasteiger partial charge in [-0.2, -0.15) is 0 Å². The summed E-state index contributed by atoms with van der Waals surface area (Å²) < 4.78 is 6.85. The second-order valence-electron chi connectivity index (χ2n) is 8.54. The summed E-state index contributed by atoms with van der Waals surface area (Å²) >= 11 is 13.3. The molecule has 0 spiro atoms. The standard InChI is InChI=1S/C26H29Cl2N5O4S/c1-5-33-23(22(15(3)4)30-24(35)17-9-12-19(27)20(28)13-17)31-32-26(33)38-14-21(34)29-18-10-7-16(8-11-18)25(36)37-6-2/h7-13,15,22H,5-6,14H2,1-4H3,(H,29,34)(H,30,35)/t22-/m0/s1. The van der Waals surface area contributed by atoms with Crippen LogP contribution in [0.2, 0.25) is 10.0 Å². The molecule has 12 heteroatoms. The Bertz CT molecular complexity index is 1300. The minimum Gasteiger partial charge on any atom is -0.462 e. The smallest absolute Gasteiger partial charge is 0.338 e. The van der Waals surface area contributed by atoms with Crippen LogP contribution < -0.4 is 10.6 Å². The minimum absolute atomic E-state index is 0.00921. The highest BCUT2D eigenvalue weighted by Crippen LogP contribution is 2.27. The van der Waals surface area contributed by atoms with Crippen molar-refractivity contribution in [2.24, 2.45) is 5.92 Å². The van der Waals surface area contributed by atoms with E-state index in [0.717, 1.165) is 0 Å². The SMILES string of the molecule is CCOC(=O)c1ccc(NC(=O)CSc2nnc([C@@H](NC(=O)c3ccc(Cl)c(Cl)c3)C(C)C)n2CC)cc1. The zero-order valence-electron chi connectivity index (χ0n) is 21.5. The van der Waals surface area contributed by atoms with Gasteiger partial charge in [-0.15, -0.1) is 10.2 Å². The van der Waals surface area contributed by atoms with E-state index >= 15 is 0 Å². The van der Waals surface area contributed by atoms with Gasteiger partial charge in [0.15, 0.2) is 11.0 Å². The summed E-state index contributed by atoms with van der Waals surface area (Å²) in [6.45, 7) is 8.47. The Labute approximate surface area is 235 Å². The molecule has 0 aliphatic heterocycles. The second kappa shape index (κ2) is 13.6. The molecule has 38 heavy (non-hydrogen) atoms. The maximum absolute atomic E-state index is 12.9. The lowest BCUT2D eigenvalue weighted by Gasteiger charge is -2.22. The fourth-order valence-electron chi connectivity index (χ4n) is 3.56. The van der Waals surface area contributed by atoms with Gasteiger partial charge >= 0.3 is 5.97 Å². The van der Waals surface area contributed by atoms with E-state index in [1.807, 2.05) is 25.3 Å². The van der Waals surface area contributed by atoms with Gasteiger partial charge in [0.1, 0.15) is 0 Å². The Hall–Kier alpha value is -3.08. The number of thioether (sulfide) groups is 1. The number of nitrogens with zero attached hydrogens (tertiary/aromatic N) is 3. The van der Waals surface area contributed by atoms with Crippen LogP contribution in [0, 0.1) is 5.92 Å². The number of esters is 1. The molecule has 202 valence electrons. The van der Waals surface area contributed by atoms with Crippen molar-refractivity contribution in [1.29, 1.82) is 0 Å². The van der Waals surface area contributed by atoms with Crippen LogP contribution in [-0.2, 0) is 16.1 Å². The van der Waals surface area contributed by atoms with E-state index in [9.17, 15) is 14.4 Å². The molecule has 1 atom stereocenters. The average Bonchev–Trinajstić information content (AvgIpc) is 3.30. The van der Waals surface area contributed by atoms with Gasteiger partial charge in [0.2, 0.25) is 5.91 Å². The van der Waals surface area contributed by atoms with Crippen LogP contribution in [0.1, 0.15) is 60.3 Å². The fourth-order valence-corrected chi connectivity index (χ4v) is 4.66. The van der Waals surface area contributed by atoms with Gasteiger partial charge in [-0.25, -0.2) is 4.79 Å². The first-order valence-electron chi connectivity index (χ1n) is 12.0. The lowest BCUT2D eigenvalue weighted by Crippen LogP contribution is -2.33. The van der Waals surface area contributed by atoms with Crippen LogP contribution in [0.5, 0.6) is 0 Å². The molecular weight excluding hydrogens is 549 g/mol. The average molecular weight is 579 g/mol. The van der Waals surface area contributed by atoms with E-state index in [2.05, 4.69) is 20.8 Å². The maximum Gasteiger partial charge on any atom is 0.338 e. The summed E-state index contributed by atoms with van der Waals surface area (Å²) in [7, 11) is 0. The Morgan fingerprint density at radius 2 is 1.68 bits per heavy atom. The van der Waals surface area contributed by atoms with Crippen molar-refractivity contribution in [1.82, 2.24) is 20.1 Å². The molecule has 0 unspecified atom stereocenters. The molecule has 0 bridgehead atoms. The molecular formula is C26H29Cl2N5O4S. The molecule has 1 heterocycles. The number of benzene rings is 2. The summed E-state index contributed by atoms with van der Waals surface area (Å²) in [5.41, 5.74) is 1.36. The van der Waals surface area contributed by atoms with Gasteiger partial charge in [0.25, 0.3) is 5.91 Å². The minimum atomic E-state index is -0.425. The van der Waals surface area contributed by atoms with E-state index in [1.54, 1.807) is 43.3 Å². The van der Waals surface area contributed by atoms with E-state index < -0.39 is 12.0 Å². The van der Waals surface area contributed by atoms with Crippen LogP contribution in [0.3, 0.4) is 0 Å². The highest BCUT2D eigenvalue weighted by molar-refractivity contribution is 7.99. The first kappa shape index (κ1) is 29.5. The van der Waals surface area contributed by atoms with Gasteiger partial charge in [0, 0.05) is 17.8 Å². The van der Waals surface area contributed by atoms with Gasteiger partial charge in [0.05, 0.1) is 34.0 Å². The number of rotatable bonds is 11. The topological polar surface area (TPSA) is 115 Å². The number of carbonyl (C=O) groups is 3. The second-order valence-corrected chi connectivity index (χ2v) is 10.3. The fraction of sp³-hybridized carbons (Fsp3) is 0.346. The molecule has 2 aromatic carbocycles. The highest BCUT2D eigenvalue weighted by Gasteiger charge is 2.26. The Kier molecular flexibility index (Phi) is 10.6. The first-order chi connectivity index (χ1) is 18.1. The molecule has 2 amide bonds. The van der Waals surface area contributed by atoms with Crippen LogP contribution >= 0.6 is 35.0 Å². The van der Waals surface area contributed by atoms with Crippen molar-refractivity contribution in [3.63, 3.8) is 0 Å². The van der Waals surface area contributed by atoms with Crippen molar-refractivity contribution < 1.29 is 19.1 Å². The summed E-state index contributed by atoms with van der Waals surface area (Å²) in [4.78, 5) is 37.3. The summed E-state index contributed by atoms with van der Waals surface area (Å²) in [6.07, 6.45) is 0. The summed E-state index contributed by atoms with van der Waals surface area (Å²) in [6, 6.07) is 10.8. The van der Waals surface area contributed by atoms with Gasteiger partial charge in [-0.1, -0.05) is 48.8 Å². The molecule has 3 aromatic rings. The Balaban J connectivity index is 1.66. The Morgan fingerprint density at radius 1 is 1.00 bits per heavy atom. The number of carbonyl (C=O) groups excluding carboxylic acids is 3. The van der Waals surface area contributed by atoms with E-state index in [1.165, 1.54) is 17.8 Å². The van der Waals surface area contributed by atoms with Gasteiger partial charge < -0.3 is 19.9 Å². The van der Waals surface area contributed by atoms with E-state index in [4.69, 9.17) is 27.9 Å². The molecule has 0 saturated carbocycles. The number of nitrogens with one attached hydrogen (secondary N) is 2. The molecule has 1 aromatic heterocycles. The number of ether oxygens (including phenoxy) is 1. The first-order valence-corrected chi connectivity index (χ1v) is 13.8. The maximum atomic E-state index is 12.9. The van der Waals surface area contributed by atoms with Crippen molar-refractivity contribution in [3.8, 4) is 0 Å². The van der Waals surface area contributed by atoms with Crippen molar-refractivity contribution in [2.45, 2.75) is 45.4 Å². The molecule has 0 aliphatic carbocycles. The predicted molar refractivity (Wildman–Crippen MR) is 149 cm³/mol. The number of aromatic nitrogens is 3. The molecule has 0 aliphatic rings. The van der Waals surface area contributed by atoms with Crippen molar-refractivity contribution in [2.75, 3.05) is 17.7 Å². The largest absolute Gasteiger partial charge is 0.462 e. The van der Waals surface area contributed by atoms with E-state index in [0.29, 0.717) is 51.0 Å². The zero-order chi connectivity index (χ0) is 27.8. The van der Waals surface area contributed by atoms with Crippen LogP contribution in [0.15, 0.2) is 47.6 Å². The van der Waals surface area contributed by atoms with Crippen LogP contribution in [0.25, 0.3) is 0 Å². The molecule has 3 rings (SSSR count). The molecule has 0 radical (unpaired) electrons. The summed E-state index contributed by atoms with van der Waals surface area (Å²) in [5, 5.41) is 15.7. The van der Waals surface area contributed by atoms with Crippen LogP contribution in [0.4, 0.5) is 5.69 Å². The summed E-state index contributed by atoms with van der Waals surface area (Å²) in [5.74, 6) is -0.263. The quantitative estimate of drug-likeness (QED) is 0.224. The lowest BCUT2D eigenvalue weighted by molar-refractivity contribution is -0.113. The monoisotopic (exact) mass is 577 g/mol. The lowest BCUT2D eigenvalue weighted by atomic mass is 10.0. The number of anilines is 1. The number of amides is 2. The normalized spacial score (nSPS) is 11.8. The molecule has 2 N–H and O–H groups in total. The Morgan fingerprint density at radius 3 is 2.29 bits per heavy atom. The third kappa shape index (κ3) is 7.49. The molecule has 0 fully saturated rings. The van der Waals surface area contributed by atoms with Gasteiger partial charge in [-0.05, 0) is 62.2 Å². The number of hydrogen-bond acceptors (Lipinski definition) is 7. The van der Waals surface area contributed by atoms with E-state index in [-0.39, 0.29) is 23.5 Å². The highest BCUT2D eigenvalue weighted by atomic mass is 35.5. The van der Waals surface area contributed by atoms with Gasteiger partial charge in [-0.3, -0.25) is 9.59 Å². The number of hydrogen-bond donors (Lipinski definition) is 2. The molecule has 9 nitrogen and oxygen atoms in total. The van der Waals surface area contributed by atoms with Crippen molar-refractivity contribution in [3.05, 3.63) is 69.5 Å². The van der Waals surface area contributed by atoms with Crippen LogP contribution in [-0.4, -0.2) is 44.9 Å². The number of halogens is 2. The predicted octanol–water partition coefficient (Wildman–Crippen LogP) is 5.64. The molecule has 0 saturated heterocycles. The third-order valence-electron chi connectivity index (χ3n) is 5.49. The zero-order valence-corrected chi connectivity index (χ0v) is 23.8.